The minimum absolute atomic E-state index is 0.111. The predicted molar refractivity (Wildman–Crippen MR) is 244 cm³/mol. The highest BCUT2D eigenvalue weighted by atomic mass is 16.5. The monoisotopic (exact) mass is 888 g/mol. The van der Waals surface area contributed by atoms with Crippen molar-refractivity contribution >= 4 is 34.8 Å². The standard InChI is InChI=1S/C49H60N8O8/c1-28(2)41(54-47(60)63-6)45(58)56-26-36(65-19-18-62-5)22-39(56)43-50-24-37(52-43)31-10-8-30(9-11-31)32-12-13-34-21-35(15-14-33(34)20-32)38-25-51-44(53-38)40-23-49(16-17-49)27-57(40)46(59)42(29(3)4)55-48(61)64-7/h8-15,20-21,24-25,28-29,36,39-42H,16-19,22-23,26-27H2,1-7H3,(H,50,52)(H,51,53)(H,54,60)(H,55,61)/t36-,39-,40-,41-,42?/m0/s1. The summed E-state index contributed by atoms with van der Waals surface area (Å²) in [6.07, 6.45) is 5.66. The topological polar surface area (TPSA) is 193 Å². The van der Waals surface area contributed by atoms with Crippen LogP contribution in [-0.4, -0.2) is 120 Å². The molecule has 65 heavy (non-hydrogen) atoms. The summed E-state index contributed by atoms with van der Waals surface area (Å²) in [5, 5.41) is 7.64. The van der Waals surface area contributed by atoms with Crippen molar-refractivity contribution in [3.8, 4) is 33.6 Å². The van der Waals surface area contributed by atoms with Crippen molar-refractivity contribution < 1.29 is 38.1 Å². The summed E-state index contributed by atoms with van der Waals surface area (Å²) in [5.41, 5.74) is 5.88. The molecule has 16 heteroatoms. The van der Waals surface area contributed by atoms with Crippen molar-refractivity contribution in [1.82, 2.24) is 40.4 Å². The van der Waals surface area contributed by atoms with E-state index in [1.54, 1.807) is 18.2 Å². The van der Waals surface area contributed by atoms with Gasteiger partial charge in [-0.2, -0.15) is 0 Å². The third-order valence-electron chi connectivity index (χ3n) is 13.2. The van der Waals surface area contributed by atoms with E-state index in [1.165, 1.54) is 14.2 Å². The number of fused-ring (bicyclic) bond motifs is 1. The molecule has 5 atom stereocenters. The fraction of sp³-hybridized carbons (Fsp3) is 0.469. The Balaban J connectivity index is 0.962. The number of methoxy groups -OCH3 is 3. The van der Waals surface area contributed by atoms with Crippen molar-refractivity contribution in [3.63, 3.8) is 0 Å². The van der Waals surface area contributed by atoms with E-state index in [4.69, 9.17) is 28.9 Å². The molecular weight excluding hydrogens is 829 g/mol. The molecule has 5 aromatic rings. The molecule has 1 saturated carbocycles. The maximum Gasteiger partial charge on any atom is 0.407 e. The number of rotatable bonds is 15. The Morgan fingerprint density at radius 3 is 1.78 bits per heavy atom. The van der Waals surface area contributed by atoms with Crippen LogP contribution >= 0.6 is 0 Å². The zero-order valence-electron chi connectivity index (χ0n) is 38.2. The molecule has 1 spiro atoms. The summed E-state index contributed by atoms with van der Waals surface area (Å²) in [4.78, 5) is 72.4. The van der Waals surface area contributed by atoms with E-state index in [2.05, 4.69) is 81.3 Å². The number of H-pyrrole nitrogens is 2. The molecule has 1 unspecified atom stereocenters. The number of alkyl carbamates (subject to hydrolysis) is 2. The van der Waals surface area contributed by atoms with Gasteiger partial charge in [0.15, 0.2) is 0 Å². The summed E-state index contributed by atoms with van der Waals surface area (Å²) >= 11 is 0. The molecule has 2 saturated heterocycles. The van der Waals surface area contributed by atoms with Gasteiger partial charge < -0.3 is 49.3 Å². The van der Waals surface area contributed by atoms with Crippen LogP contribution in [0.25, 0.3) is 44.4 Å². The number of imidazole rings is 2. The van der Waals surface area contributed by atoms with Gasteiger partial charge in [0.1, 0.15) is 23.7 Å². The van der Waals surface area contributed by atoms with Gasteiger partial charge in [0, 0.05) is 32.2 Å². The highest BCUT2D eigenvalue weighted by Gasteiger charge is 2.55. The number of benzene rings is 3. The molecule has 8 rings (SSSR count). The Kier molecular flexibility index (Phi) is 13.3. The average molecular weight is 889 g/mol. The van der Waals surface area contributed by atoms with Crippen molar-refractivity contribution in [3.05, 3.63) is 84.7 Å². The third-order valence-corrected chi connectivity index (χ3v) is 13.2. The van der Waals surface area contributed by atoms with Crippen LogP contribution < -0.4 is 10.6 Å². The van der Waals surface area contributed by atoms with E-state index in [-0.39, 0.29) is 47.3 Å². The number of ether oxygens (including phenoxy) is 4. The number of nitrogens with zero attached hydrogens (tertiary/aromatic N) is 4. The number of aromatic amines is 2. The summed E-state index contributed by atoms with van der Waals surface area (Å²) in [7, 11) is 4.20. The molecule has 3 fully saturated rings. The van der Waals surface area contributed by atoms with Gasteiger partial charge in [-0.05, 0) is 76.1 Å². The highest BCUT2D eigenvalue weighted by molar-refractivity contribution is 5.91. The molecule has 4 amide bonds. The van der Waals surface area contributed by atoms with Crippen molar-refractivity contribution in [2.45, 2.75) is 83.6 Å². The Bertz CT molecular complexity index is 2510. The summed E-state index contributed by atoms with van der Waals surface area (Å²) in [6, 6.07) is 19.0. The molecular formula is C49H60N8O8. The number of amides is 4. The van der Waals surface area contributed by atoms with Crippen LogP contribution in [0, 0.1) is 17.3 Å². The molecule has 0 radical (unpaired) electrons. The molecule has 0 bridgehead atoms. The number of hydrogen-bond acceptors (Lipinski definition) is 10. The minimum atomic E-state index is -0.780. The third kappa shape index (κ3) is 9.74. The van der Waals surface area contributed by atoms with Crippen molar-refractivity contribution in [2.75, 3.05) is 47.6 Å². The largest absolute Gasteiger partial charge is 0.453 e. The van der Waals surface area contributed by atoms with Crippen molar-refractivity contribution in [1.29, 1.82) is 0 Å². The first-order valence-electron chi connectivity index (χ1n) is 22.5. The molecule has 3 aromatic carbocycles. The first-order chi connectivity index (χ1) is 31.3. The van der Waals surface area contributed by atoms with Gasteiger partial charge >= 0.3 is 12.2 Å². The Labute approximate surface area is 379 Å². The quantitative estimate of drug-likeness (QED) is 0.0770. The van der Waals surface area contributed by atoms with E-state index < -0.39 is 24.3 Å². The lowest BCUT2D eigenvalue weighted by Gasteiger charge is -2.30. The fourth-order valence-corrected chi connectivity index (χ4v) is 9.29. The van der Waals surface area contributed by atoms with E-state index in [0.717, 1.165) is 69.5 Å². The Hall–Kier alpha value is -6.26. The normalized spacial score (nSPS) is 19.8. The number of carbonyl (C=O) groups is 4. The zero-order chi connectivity index (χ0) is 46.0. The van der Waals surface area contributed by atoms with Crippen LogP contribution in [0.2, 0.25) is 0 Å². The van der Waals surface area contributed by atoms with Crippen LogP contribution in [0.15, 0.2) is 73.1 Å². The van der Waals surface area contributed by atoms with Gasteiger partial charge in [0.25, 0.3) is 0 Å². The lowest BCUT2D eigenvalue weighted by molar-refractivity contribution is -0.136. The SMILES string of the molecule is COCCO[C@H]1C[C@@H](c2ncc(-c3ccc(-c4ccc5cc(-c6cnc([C@@H]7CC8(CC8)CN7C(=O)C(NC(=O)OC)C(C)C)[nH]6)ccc5c4)cc3)[nH]2)N(C(=O)[C@@H](NC(=O)OC)C(C)C)C1. The molecule has 344 valence electrons. The lowest BCUT2D eigenvalue weighted by atomic mass is 9.98. The van der Waals surface area contributed by atoms with Crippen LogP contribution in [0.1, 0.15) is 77.1 Å². The second-order valence-electron chi connectivity index (χ2n) is 18.3. The molecule has 3 aliphatic rings. The first-order valence-corrected chi connectivity index (χ1v) is 22.5. The number of carbonyl (C=O) groups excluding carboxylic acids is 4. The number of likely N-dealkylation sites (tertiary alicyclic amines) is 2. The zero-order valence-corrected chi connectivity index (χ0v) is 38.2. The molecule has 4 heterocycles. The minimum Gasteiger partial charge on any atom is -0.453 e. The van der Waals surface area contributed by atoms with E-state index in [1.807, 2.05) is 38.8 Å². The second-order valence-corrected chi connectivity index (χ2v) is 18.3. The molecule has 16 nitrogen and oxygen atoms in total. The summed E-state index contributed by atoms with van der Waals surface area (Å²) in [6.45, 7) is 9.45. The van der Waals surface area contributed by atoms with E-state index in [0.29, 0.717) is 38.5 Å². The van der Waals surface area contributed by atoms with E-state index >= 15 is 0 Å². The maximum absolute atomic E-state index is 14.0. The first kappa shape index (κ1) is 45.3. The average Bonchev–Trinajstić information content (AvgIpc) is 3.80. The highest BCUT2D eigenvalue weighted by Crippen LogP contribution is 2.58. The van der Waals surface area contributed by atoms with Crippen LogP contribution in [-0.2, 0) is 28.5 Å². The van der Waals surface area contributed by atoms with Gasteiger partial charge in [-0.1, -0.05) is 76.2 Å². The van der Waals surface area contributed by atoms with Gasteiger partial charge in [-0.25, -0.2) is 19.6 Å². The van der Waals surface area contributed by atoms with Gasteiger partial charge in [-0.3, -0.25) is 9.59 Å². The van der Waals surface area contributed by atoms with Crippen LogP contribution in [0.5, 0.6) is 0 Å². The predicted octanol–water partition coefficient (Wildman–Crippen LogP) is 7.41. The fourth-order valence-electron chi connectivity index (χ4n) is 9.29. The number of nitrogens with one attached hydrogen (secondary N) is 4. The molecule has 1 aliphatic carbocycles. The molecule has 4 N–H and O–H groups in total. The van der Waals surface area contributed by atoms with Gasteiger partial charge in [0.05, 0.1) is 69.4 Å². The number of aromatic nitrogens is 4. The van der Waals surface area contributed by atoms with Gasteiger partial charge in [0.2, 0.25) is 11.8 Å². The lowest BCUT2D eigenvalue weighted by Crippen LogP contribution is -2.51. The summed E-state index contributed by atoms with van der Waals surface area (Å²) in [5.74, 6) is 0.766. The number of hydrogen-bond donors (Lipinski definition) is 4. The van der Waals surface area contributed by atoms with Crippen LogP contribution in [0.3, 0.4) is 0 Å². The second kappa shape index (κ2) is 19.1. The van der Waals surface area contributed by atoms with Crippen molar-refractivity contribution in [2.24, 2.45) is 17.3 Å². The smallest absolute Gasteiger partial charge is 0.407 e. The molecule has 2 aromatic heterocycles. The van der Waals surface area contributed by atoms with Crippen LogP contribution in [0.4, 0.5) is 9.59 Å². The Morgan fingerprint density at radius 1 is 0.692 bits per heavy atom. The Morgan fingerprint density at radius 2 is 1.22 bits per heavy atom. The van der Waals surface area contributed by atoms with E-state index in [9.17, 15) is 19.2 Å². The molecule has 2 aliphatic heterocycles. The van der Waals surface area contributed by atoms with Gasteiger partial charge in [-0.15, -0.1) is 0 Å². The maximum atomic E-state index is 14.0. The summed E-state index contributed by atoms with van der Waals surface area (Å²) < 4.78 is 20.9.